The van der Waals surface area contributed by atoms with E-state index in [0.717, 1.165) is 12.1 Å². The van der Waals surface area contributed by atoms with Gasteiger partial charge in [-0.25, -0.2) is 13.6 Å². The molecule has 2 aliphatic heterocycles. The number of thioether (sulfide) groups is 1. The Kier molecular flexibility index (Phi) is 4.68. The molecule has 1 aromatic carbocycles. The molecule has 2 saturated heterocycles. The number of para-hydroxylation sites is 1. The number of amides is 2. The van der Waals surface area contributed by atoms with Crippen LogP contribution in [0.2, 0.25) is 0 Å². The normalized spacial score (nSPS) is 25.0. The van der Waals surface area contributed by atoms with Crippen molar-refractivity contribution >= 4 is 35.2 Å². The molecule has 0 aliphatic carbocycles. The van der Waals surface area contributed by atoms with Crippen molar-refractivity contribution in [1.82, 2.24) is 4.90 Å². The van der Waals surface area contributed by atoms with Gasteiger partial charge >= 0.3 is 5.97 Å². The van der Waals surface area contributed by atoms with Gasteiger partial charge in [0.05, 0.1) is 4.87 Å². The average Bonchev–Trinajstić information content (AvgIpc) is 3.05. The molecule has 0 radical (unpaired) electrons. The second-order valence-electron chi connectivity index (χ2n) is 6.02. The zero-order valence-corrected chi connectivity index (χ0v) is 14.2. The molecule has 134 valence electrons. The molecule has 1 N–H and O–H groups in total. The number of ether oxygens (including phenoxy) is 1. The van der Waals surface area contributed by atoms with Crippen LogP contribution in [0.4, 0.5) is 14.5 Å². The molecule has 0 unspecified atom stereocenters. The van der Waals surface area contributed by atoms with Crippen molar-refractivity contribution in [3.63, 3.8) is 0 Å². The maximum absolute atomic E-state index is 13.5. The molecule has 0 aromatic heterocycles. The van der Waals surface area contributed by atoms with Gasteiger partial charge in [-0.2, -0.15) is 0 Å². The smallest absolute Gasteiger partial charge is 0.330 e. The number of nitrogens with zero attached hydrogens (tertiary/aromatic N) is 1. The third-order valence-electron chi connectivity index (χ3n) is 4.29. The summed E-state index contributed by atoms with van der Waals surface area (Å²) in [6.45, 7) is 1.20. The highest BCUT2D eigenvalue weighted by Gasteiger charge is 2.53. The van der Waals surface area contributed by atoms with Crippen LogP contribution in [0.1, 0.15) is 19.8 Å². The topological polar surface area (TPSA) is 75.7 Å². The Hall–Kier alpha value is -2.16. The first kappa shape index (κ1) is 17.7. The fraction of sp³-hybridized carbons (Fsp3) is 0.438. The number of benzene rings is 1. The number of nitrogens with one attached hydrogen (secondary N) is 1. The minimum Gasteiger partial charge on any atom is -0.454 e. The second kappa shape index (κ2) is 6.62. The van der Waals surface area contributed by atoms with Crippen LogP contribution in [0.25, 0.3) is 0 Å². The van der Waals surface area contributed by atoms with Crippen LogP contribution in [0, 0.1) is 11.6 Å². The maximum Gasteiger partial charge on any atom is 0.330 e. The molecule has 0 bridgehead atoms. The molecular formula is C16H16F2N2O4S. The van der Waals surface area contributed by atoms with E-state index < -0.39 is 46.7 Å². The predicted octanol–water partition coefficient (Wildman–Crippen LogP) is 1.90. The zero-order chi connectivity index (χ0) is 18.2. The highest BCUT2D eigenvalue weighted by atomic mass is 32.2. The summed E-state index contributed by atoms with van der Waals surface area (Å²) in [6.07, 6.45) is 1.04. The third kappa shape index (κ3) is 3.33. The lowest BCUT2D eigenvalue weighted by atomic mass is 10.2. The lowest BCUT2D eigenvalue weighted by Crippen LogP contribution is -2.47. The van der Waals surface area contributed by atoms with E-state index in [0.29, 0.717) is 18.6 Å². The van der Waals surface area contributed by atoms with Crippen molar-refractivity contribution in [2.24, 2.45) is 0 Å². The van der Waals surface area contributed by atoms with Gasteiger partial charge in [0.2, 0.25) is 5.91 Å². The van der Waals surface area contributed by atoms with E-state index in [-0.39, 0.29) is 5.91 Å². The van der Waals surface area contributed by atoms with E-state index in [1.165, 1.54) is 22.7 Å². The maximum atomic E-state index is 13.5. The molecule has 0 spiro atoms. The number of esters is 1. The van der Waals surface area contributed by atoms with Crippen LogP contribution in [0.15, 0.2) is 18.2 Å². The summed E-state index contributed by atoms with van der Waals surface area (Å²) in [5.74, 6) is -3.14. The molecule has 1 aromatic rings. The fourth-order valence-electron chi connectivity index (χ4n) is 3.02. The molecule has 9 heteroatoms. The summed E-state index contributed by atoms with van der Waals surface area (Å²) < 4.78 is 31.9. The highest BCUT2D eigenvalue weighted by Crippen LogP contribution is 2.47. The van der Waals surface area contributed by atoms with Crippen molar-refractivity contribution in [2.45, 2.75) is 30.7 Å². The molecule has 0 saturated carbocycles. The first-order valence-electron chi connectivity index (χ1n) is 7.68. The number of hydrogen-bond acceptors (Lipinski definition) is 5. The Morgan fingerprint density at radius 3 is 2.76 bits per heavy atom. The van der Waals surface area contributed by atoms with E-state index in [4.69, 9.17) is 4.74 Å². The van der Waals surface area contributed by atoms with Gasteiger partial charge in [-0.1, -0.05) is 6.07 Å². The van der Waals surface area contributed by atoms with Gasteiger partial charge in [0, 0.05) is 12.2 Å². The van der Waals surface area contributed by atoms with Crippen molar-refractivity contribution in [1.29, 1.82) is 0 Å². The molecule has 2 atom stereocenters. The summed E-state index contributed by atoms with van der Waals surface area (Å²) in [6, 6.07) is 2.42. The lowest BCUT2D eigenvalue weighted by Gasteiger charge is -2.29. The SMILES string of the molecule is C[C@@]12CCC(=O)N1[C@@H](C(=O)OCC(=O)Nc1c(F)cccc1F)CS2. The lowest BCUT2D eigenvalue weighted by molar-refractivity contribution is -0.155. The third-order valence-corrected chi connectivity index (χ3v) is 5.79. The molecule has 2 aliphatic rings. The van der Waals surface area contributed by atoms with Crippen molar-refractivity contribution in [3.8, 4) is 0 Å². The summed E-state index contributed by atoms with van der Waals surface area (Å²) >= 11 is 1.50. The highest BCUT2D eigenvalue weighted by molar-refractivity contribution is 8.01. The molecule has 25 heavy (non-hydrogen) atoms. The number of hydrogen-bond donors (Lipinski definition) is 1. The molecule has 6 nitrogen and oxygen atoms in total. The van der Waals surface area contributed by atoms with Gasteiger partial charge in [0.25, 0.3) is 5.91 Å². The number of halogens is 2. The molecule has 2 amide bonds. The standard InChI is InChI=1S/C16H16F2N2O4S/c1-16-6-5-13(22)20(16)11(8-25-16)15(23)24-7-12(21)19-14-9(17)3-2-4-10(14)18/h2-4,11H,5-8H2,1H3,(H,19,21)/t11-,16-/m1/s1. The summed E-state index contributed by atoms with van der Waals surface area (Å²) in [4.78, 5) is 37.1. The summed E-state index contributed by atoms with van der Waals surface area (Å²) in [5, 5.41) is 2.04. The average molecular weight is 370 g/mol. The number of carbonyl (C=O) groups is 3. The quantitative estimate of drug-likeness (QED) is 0.820. The van der Waals surface area contributed by atoms with E-state index in [1.807, 2.05) is 12.2 Å². The van der Waals surface area contributed by atoms with Crippen molar-refractivity contribution < 1.29 is 27.9 Å². The summed E-state index contributed by atoms with van der Waals surface area (Å²) in [5.41, 5.74) is -0.595. The van der Waals surface area contributed by atoms with Crippen LogP contribution in [0.3, 0.4) is 0 Å². The van der Waals surface area contributed by atoms with Crippen LogP contribution >= 0.6 is 11.8 Å². The first-order chi connectivity index (χ1) is 11.8. The van der Waals surface area contributed by atoms with E-state index in [2.05, 4.69) is 0 Å². The van der Waals surface area contributed by atoms with Gasteiger partial charge in [0.15, 0.2) is 6.61 Å². The minimum absolute atomic E-state index is 0.118. The molecule has 2 fully saturated rings. The number of rotatable bonds is 4. The van der Waals surface area contributed by atoms with Gasteiger partial charge in [0.1, 0.15) is 23.4 Å². The van der Waals surface area contributed by atoms with E-state index in [9.17, 15) is 23.2 Å². The molecular weight excluding hydrogens is 354 g/mol. The zero-order valence-electron chi connectivity index (χ0n) is 13.4. The molecule has 2 heterocycles. The van der Waals surface area contributed by atoms with Crippen molar-refractivity contribution in [3.05, 3.63) is 29.8 Å². The van der Waals surface area contributed by atoms with Gasteiger partial charge < -0.3 is 15.0 Å². The Morgan fingerprint density at radius 1 is 1.40 bits per heavy atom. The Labute approximate surface area is 146 Å². The summed E-state index contributed by atoms with van der Waals surface area (Å²) in [7, 11) is 0. The second-order valence-corrected chi connectivity index (χ2v) is 7.52. The van der Waals surface area contributed by atoms with E-state index >= 15 is 0 Å². The van der Waals surface area contributed by atoms with Gasteiger partial charge in [-0.05, 0) is 25.5 Å². The number of carbonyl (C=O) groups excluding carboxylic acids is 3. The Balaban J connectivity index is 1.58. The minimum atomic E-state index is -0.926. The largest absolute Gasteiger partial charge is 0.454 e. The monoisotopic (exact) mass is 370 g/mol. The number of anilines is 1. The van der Waals surface area contributed by atoms with Crippen LogP contribution < -0.4 is 5.32 Å². The van der Waals surface area contributed by atoms with Crippen LogP contribution in [-0.4, -0.2) is 46.0 Å². The number of fused-ring (bicyclic) bond motifs is 1. The van der Waals surface area contributed by atoms with Crippen LogP contribution in [0.5, 0.6) is 0 Å². The Morgan fingerprint density at radius 2 is 2.08 bits per heavy atom. The van der Waals surface area contributed by atoms with E-state index in [1.54, 1.807) is 0 Å². The molecule has 3 rings (SSSR count). The van der Waals surface area contributed by atoms with Gasteiger partial charge in [-0.15, -0.1) is 11.8 Å². The van der Waals surface area contributed by atoms with Crippen LogP contribution in [-0.2, 0) is 19.1 Å². The fourth-order valence-corrected chi connectivity index (χ4v) is 4.44. The van der Waals surface area contributed by atoms with Gasteiger partial charge in [-0.3, -0.25) is 9.59 Å². The predicted molar refractivity (Wildman–Crippen MR) is 86.7 cm³/mol. The Bertz CT molecular complexity index is 725. The van der Waals surface area contributed by atoms with Crippen molar-refractivity contribution in [2.75, 3.05) is 17.7 Å². The first-order valence-corrected chi connectivity index (χ1v) is 8.67.